The zero-order chi connectivity index (χ0) is 37.3. The molecule has 0 heteroatoms. The van der Waals surface area contributed by atoms with Crippen molar-refractivity contribution in [1.29, 1.82) is 0 Å². The molecule has 56 heavy (non-hydrogen) atoms. The molecular formula is C56H40. The summed E-state index contributed by atoms with van der Waals surface area (Å²) in [5, 5.41) is 0. The summed E-state index contributed by atoms with van der Waals surface area (Å²) in [7, 11) is 0. The van der Waals surface area contributed by atoms with Crippen molar-refractivity contribution >= 4 is 0 Å². The van der Waals surface area contributed by atoms with Gasteiger partial charge in [0.1, 0.15) is 0 Å². The van der Waals surface area contributed by atoms with E-state index in [9.17, 15) is 0 Å². The van der Waals surface area contributed by atoms with E-state index in [-0.39, 0.29) is 5.92 Å². The van der Waals surface area contributed by atoms with Crippen molar-refractivity contribution in [1.82, 2.24) is 0 Å². The van der Waals surface area contributed by atoms with Crippen LogP contribution in [-0.2, 0) is 5.41 Å². The highest BCUT2D eigenvalue weighted by atomic mass is 14.5. The Bertz CT molecular complexity index is 2610. The number of hydrogen-bond donors (Lipinski definition) is 0. The summed E-state index contributed by atoms with van der Waals surface area (Å²) < 4.78 is 0. The first kappa shape index (κ1) is 33.5. The van der Waals surface area contributed by atoms with Crippen molar-refractivity contribution in [2.45, 2.75) is 11.3 Å². The molecule has 0 atom stereocenters. The van der Waals surface area contributed by atoms with Crippen LogP contribution in [0.4, 0.5) is 0 Å². The van der Waals surface area contributed by atoms with Crippen LogP contribution in [0.2, 0.25) is 0 Å². The number of rotatable bonds is 8. The lowest BCUT2D eigenvalue weighted by atomic mass is 9.67. The zero-order valence-corrected chi connectivity index (χ0v) is 31.1. The molecule has 9 aromatic carbocycles. The number of hydrogen-bond acceptors (Lipinski definition) is 0. The molecule has 0 aliphatic heterocycles. The lowest BCUT2D eigenvalue weighted by Crippen LogP contribution is -2.28. The van der Waals surface area contributed by atoms with Crippen molar-refractivity contribution in [3.05, 3.63) is 276 Å². The fraction of sp³-hybridized carbons (Fsp3) is 0.0357. The summed E-state index contributed by atoms with van der Waals surface area (Å²) in [6.07, 6.45) is 0. The van der Waals surface area contributed by atoms with E-state index in [2.05, 4.69) is 237 Å². The zero-order valence-electron chi connectivity index (χ0n) is 31.1. The van der Waals surface area contributed by atoms with E-state index in [0.717, 1.165) is 0 Å². The number of fused-ring (bicyclic) bond motifs is 3. The van der Waals surface area contributed by atoms with Gasteiger partial charge in [-0.15, -0.1) is 0 Å². The first-order valence-corrected chi connectivity index (χ1v) is 19.5. The molecule has 10 rings (SSSR count). The van der Waals surface area contributed by atoms with Gasteiger partial charge in [0.05, 0.1) is 5.41 Å². The maximum Gasteiger partial charge on any atom is 0.0713 e. The Labute approximate surface area is 330 Å². The molecule has 0 nitrogen and oxygen atoms in total. The molecule has 0 amide bonds. The van der Waals surface area contributed by atoms with E-state index >= 15 is 0 Å². The second-order valence-electron chi connectivity index (χ2n) is 14.8. The van der Waals surface area contributed by atoms with Crippen LogP contribution in [0.3, 0.4) is 0 Å². The molecule has 1 aliphatic carbocycles. The molecule has 264 valence electrons. The Kier molecular flexibility index (Phi) is 8.58. The Morgan fingerprint density at radius 3 is 1.09 bits per heavy atom. The first-order chi connectivity index (χ1) is 27.8. The van der Waals surface area contributed by atoms with Gasteiger partial charge in [0.25, 0.3) is 0 Å². The quantitative estimate of drug-likeness (QED) is 0.138. The van der Waals surface area contributed by atoms with Gasteiger partial charge >= 0.3 is 0 Å². The van der Waals surface area contributed by atoms with Crippen LogP contribution in [0.5, 0.6) is 0 Å². The normalized spacial score (nSPS) is 12.6. The van der Waals surface area contributed by atoms with Gasteiger partial charge in [-0.05, 0) is 83.5 Å². The fourth-order valence-electron chi connectivity index (χ4n) is 9.16. The minimum atomic E-state index is -0.423. The summed E-state index contributed by atoms with van der Waals surface area (Å²) in [6, 6.07) is 86.9. The van der Waals surface area contributed by atoms with Crippen molar-refractivity contribution in [3.8, 4) is 44.5 Å². The fourth-order valence-corrected chi connectivity index (χ4v) is 9.16. The molecule has 0 saturated heterocycles. The average Bonchev–Trinajstić information content (AvgIpc) is 3.60. The standard InChI is InChI=1S/C56H40/c1-5-16-40(17-6-1)42-28-34-45(35-29-42)54(46-36-30-43(31-37-46)41-18-7-2-8-19-41)47-38-32-44(33-39-47)50-25-15-27-53-55(50)51-24-13-14-26-52(51)56(53,48-20-9-3-10-21-48)49-22-11-4-12-23-49/h1-39,54H. The molecule has 1 aliphatic rings. The predicted molar refractivity (Wildman–Crippen MR) is 234 cm³/mol. The predicted octanol–water partition coefficient (Wildman–Crippen LogP) is 14.2. The van der Waals surface area contributed by atoms with Gasteiger partial charge < -0.3 is 0 Å². The largest absolute Gasteiger partial charge is 0.0713 e. The molecule has 9 aromatic rings. The van der Waals surface area contributed by atoms with E-state index < -0.39 is 5.41 Å². The minimum Gasteiger partial charge on any atom is -0.0622 e. The van der Waals surface area contributed by atoms with Gasteiger partial charge in [0.15, 0.2) is 0 Å². The van der Waals surface area contributed by atoms with Gasteiger partial charge in [0.2, 0.25) is 0 Å². The molecule has 0 fully saturated rings. The molecule has 0 saturated carbocycles. The molecular weight excluding hydrogens is 673 g/mol. The molecule has 0 spiro atoms. The monoisotopic (exact) mass is 712 g/mol. The van der Waals surface area contributed by atoms with E-state index in [1.165, 1.54) is 83.5 Å². The molecule has 0 aromatic heterocycles. The van der Waals surface area contributed by atoms with E-state index in [0.29, 0.717) is 0 Å². The van der Waals surface area contributed by atoms with E-state index in [1.807, 2.05) is 0 Å². The van der Waals surface area contributed by atoms with Crippen LogP contribution in [-0.4, -0.2) is 0 Å². The van der Waals surface area contributed by atoms with Gasteiger partial charge in [-0.25, -0.2) is 0 Å². The Hall–Kier alpha value is -7.02. The Balaban J connectivity index is 1.09. The highest BCUT2D eigenvalue weighted by Crippen LogP contribution is 2.58. The second-order valence-corrected chi connectivity index (χ2v) is 14.8. The lowest BCUT2D eigenvalue weighted by Gasteiger charge is -2.34. The van der Waals surface area contributed by atoms with Gasteiger partial charge in [-0.2, -0.15) is 0 Å². The third-order valence-corrected chi connectivity index (χ3v) is 11.7. The minimum absolute atomic E-state index is 0.0738. The topological polar surface area (TPSA) is 0 Å². The van der Waals surface area contributed by atoms with Crippen LogP contribution in [0.15, 0.2) is 237 Å². The van der Waals surface area contributed by atoms with Crippen LogP contribution < -0.4 is 0 Å². The van der Waals surface area contributed by atoms with Crippen molar-refractivity contribution in [2.75, 3.05) is 0 Å². The van der Waals surface area contributed by atoms with E-state index in [4.69, 9.17) is 0 Å². The molecule has 0 heterocycles. The van der Waals surface area contributed by atoms with Gasteiger partial charge in [0, 0.05) is 5.92 Å². The summed E-state index contributed by atoms with van der Waals surface area (Å²) in [6.45, 7) is 0. The summed E-state index contributed by atoms with van der Waals surface area (Å²) in [4.78, 5) is 0. The Morgan fingerprint density at radius 1 is 0.250 bits per heavy atom. The lowest BCUT2D eigenvalue weighted by molar-refractivity contribution is 0.768. The van der Waals surface area contributed by atoms with Crippen LogP contribution >= 0.6 is 0 Å². The molecule has 0 N–H and O–H groups in total. The maximum absolute atomic E-state index is 2.35. The summed E-state index contributed by atoms with van der Waals surface area (Å²) in [5.41, 5.74) is 18.6. The highest BCUT2D eigenvalue weighted by molar-refractivity contribution is 5.95. The Morgan fingerprint density at radius 2 is 0.607 bits per heavy atom. The van der Waals surface area contributed by atoms with Crippen molar-refractivity contribution in [3.63, 3.8) is 0 Å². The highest BCUT2D eigenvalue weighted by Gasteiger charge is 2.46. The van der Waals surface area contributed by atoms with Crippen molar-refractivity contribution < 1.29 is 0 Å². The SMILES string of the molecule is c1ccc(-c2ccc(C(c3ccc(-c4ccccc4)cc3)c3ccc(-c4cccc5c4-c4ccccc4C5(c4ccccc4)c4ccccc4)cc3)cc2)cc1. The number of benzene rings is 9. The maximum atomic E-state index is 2.35. The third kappa shape index (κ3) is 5.70. The molecule has 0 bridgehead atoms. The average molecular weight is 713 g/mol. The third-order valence-electron chi connectivity index (χ3n) is 11.7. The second kappa shape index (κ2) is 14.3. The van der Waals surface area contributed by atoms with E-state index in [1.54, 1.807) is 0 Å². The van der Waals surface area contributed by atoms with Crippen LogP contribution in [0.1, 0.15) is 44.9 Å². The van der Waals surface area contributed by atoms with Crippen molar-refractivity contribution in [2.24, 2.45) is 0 Å². The molecule has 0 unspecified atom stereocenters. The summed E-state index contributed by atoms with van der Waals surface area (Å²) in [5.74, 6) is 0.0738. The van der Waals surface area contributed by atoms with Crippen LogP contribution in [0.25, 0.3) is 44.5 Å². The van der Waals surface area contributed by atoms with Gasteiger partial charge in [-0.3, -0.25) is 0 Å². The summed E-state index contributed by atoms with van der Waals surface area (Å²) >= 11 is 0. The smallest absolute Gasteiger partial charge is 0.0622 e. The molecule has 0 radical (unpaired) electrons. The van der Waals surface area contributed by atoms with Gasteiger partial charge in [-0.1, -0.05) is 237 Å². The first-order valence-electron chi connectivity index (χ1n) is 19.5. The van der Waals surface area contributed by atoms with Crippen LogP contribution in [0, 0.1) is 0 Å².